The summed E-state index contributed by atoms with van der Waals surface area (Å²) in [6.45, 7) is 3.20. The minimum absolute atomic E-state index is 0.0433. The van der Waals surface area contributed by atoms with Gasteiger partial charge in [-0.2, -0.15) is 0 Å². The Morgan fingerprint density at radius 1 is 0.889 bits per heavy atom. The van der Waals surface area contributed by atoms with Crippen molar-refractivity contribution in [3.63, 3.8) is 0 Å². The maximum atomic E-state index is 11.5. The first-order valence-electron chi connectivity index (χ1n) is 6.98. The molecule has 0 spiro atoms. The third-order valence-corrected chi connectivity index (χ3v) is 4.94. The predicted molar refractivity (Wildman–Crippen MR) is 67.8 cm³/mol. The average molecular weight is 250 g/mol. The molecule has 0 atom stereocenters. The fraction of sp³-hybridized carbons (Fsp3) is 0.857. The van der Waals surface area contributed by atoms with Crippen LogP contribution >= 0.6 is 0 Å². The molecule has 2 N–H and O–H groups in total. The molecule has 4 heteroatoms. The van der Waals surface area contributed by atoms with E-state index in [1.54, 1.807) is 13.8 Å². The van der Waals surface area contributed by atoms with Gasteiger partial charge in [0.25, 0.3) is 0 Å². The third-order valence-electron chi connectivity index (χ3n) is 4.94. The number of nitrogens with one attached hydrogen (secondary N) is 2. The summed E-state index contributed by atoms with van der Waals surface area (Å²) in [6, 6.07) is 0. The molecular weight excluding hydrogens is 228 g/mol. The van der Waals surface area contributed by atoms with Gasteiger partial charge in [0.05, 0.1) is 0 Å². The van der Waals surface area contributed by atoms with Crippen LogP contribution in [0, 0.1) is 11.8 Å². The molecular formula is C14H22N2O2. The number of carbonyl (C=O) groups is 2. The van der Waals surface area contributed by atoms with Gasteiger partial charge in [-0.25, -0.2) is 0 Å². The Morgan fingerprint density at radius 3 is 1.61 bits per heavy atom. The number of amides is 2. The standard InChI is InChI=1S/C14H22N2O2/c1-9(17)15-13-4-11-3-12(5-13)7-14(6-11,8-13)16-10(2)18/h11-12H,3-8H2,1-2H3,(H,15,17)(H,16,18). The molecule has 100 valence electrons. The van der Waals surface area contributed by atoms with Gasteiger partial charge in [0.1, 0.15) is 0 Å². The average Bonchev–Trinajstić information content (AvgIpc) is 2.08. The van der Waals surface area contributed by atoms with E-state index in [4.69, 9.17) is 0 Å². The lowest BCUT2D eigenvalue weighted by Gasteiger charge is -2.62. The van der Waals surface area contributed by atoms with Gasteiger partial charge in [0.2, 0.25) is 11.8 Å². The molecule has 0 aromatic heterocycles. The Labute approximate surface area is 108 Å². The zero-order valence-electron chi connectivity index (χ0n) is 11.2. The summed E-state index contributed by atoms with van der Waals surface area (Å²) in [5.41, 5.74) is -0.0866. The fourth-order valence-corrected chi connectivity index (χ4v) is 5.30. The minimum Gasteiger partial charge on any atom is -0.351 e. The van der Waals surface area contributed by atoms with E-state index in [9.17, 15) is 9.59 Å². The van der Waals surface area contributed by atoms with Crippen LogP contribution in [0.4, 0.5) is 0 Å². The minimum atomic E-state index is -0.0433. The van der Waals surface area contributed by atoms with Crippen LogP contribution in [-0.2, 0) is 9.59 Å². The zero-order chi connectivity index (χ0) is 13.0. The molecule has 4 aliphatic rings. The molecule has 0 aromatic rings. The Kier molecular flexibility index (Phi) is 2.48. The van der Waals surface area contributed by atoms with Gasteiger partial charge in [0, 0.05) is 24.9 Å². The Hall–Kier alpha value is -1.06. The van der Waals surface area contributed by atoms with Crippen molar-refractivity contribution in [2.24, 2.45) is 11.8 Å². The molecule has 4 nitrogen and oxygen atoms in total. The summed E-state index contributed by atoms with van der Waals surface area (Å²) in [5, 5.41) is 6.39. The molecule has 4 bridgehead atoms. The van der Waals surface area contributed by atoms with Crippen LogP contribution in [0.5, 0.6) is 0 Å². The van der Waals surface area contributed by atoms with E-state index in [-0.39, 0.29) is 22.9 Å². The molecule has 0 aliphatic heterocycles. The lowest BCUT2D eigenvalue weighted by Crippen LogP contribution is -2.69. The summed E-state index contributed by atoms with van der Waals surface area (Å²) >= 11 is 0. The van der Waals surface area contributed by atoms with Gasteiger partial charge >= 0.3 is 0 Å². The number of carbonyl (C=O) groups excluding carboxylic acids is 2. The summed E-state index contributed by atoms with van der Waals surface area (Å²) < 4.78 is 0. The molecule has 0 radical (unpaired) electrons. The zero-order valence-corrected chi connectivity index (χ0v) is 11.2. The van der Waals surface area contributed by atoms with Gasteiger partial charge in [-0.1, -0.05) is 0 Å². The van der Waals surface area contributed by atoms with Crippen LogP contribution in [0.15, 0.2) is 0 Å². The molecule has 0 saturated heterocycles. The Bertz CT molecular complexity index is 357. The molecule has 4 fully saturated rings. The van der Waals surface area contributed by atoms with Crippen molar-refractivity contribution in [3.05, 3.63) is 0 Å². The van der Waals surface area contributed by atoms with E-state index in [1.165, 1.54) is 6.42 Å². The van der Waals surface area contributed by atoms with Crippen LogP contribution in [-0.4, -0.2) is 22.9 Å². The largest absolute Gasteiger partial charge is 0.351 e. The van der Waals surface area contributed by atoms with Crippen molar-refractivity contribution in [3.8, 4) is 0 Å². The van der Waals surface area contributed by atoms with E-state index >= 15 is 0 Å². The van der Waals surface area contributed by atoms with Crippen molar-refractivity contribution >= 4 is 11.8 Å². The SMILES string of the molecule is CC(=O)NC12CC3CC(C1)CC(NC(C)=O)(C3)C2. The molecule has 0 unspecified atom stereocenters. The van der Waals surface area contributed by atoms with Crippen molar-refractivity contribution in [2.45, 2.75) is 63.5 Å². The summed E-state index contributed by atoms with van der Waals surface area (Å²) in [7, 11) is 0. The summed E-state index contributed by atoms with van der Waals surface area (Å²) in [4.78, 5) is 22.9. The second-order valence-corrected chi connectivity index (χ2v) is 6.88. The van der Waals surface area contributed by atoms with Gasteiger partial charge < -0.3 is 10.6 Å². The number of hydrogen-bond donors (Lipinski definition) is 2. The Morgan fingerprint density at radius 2 is 1.28 bits per heavy atom. The second-order valence-electron chi connectivity index (χ2n) is 6.88. The van der Waals surface area contributed by atoms with Crippen LogP contribution < -0.4 is 10.6 Å². The van der Waals surface area contributed by atoms with Crippen LogP contribution in [0.2, 0.25) is 0 Å². The smallest absolute Gasteiger partial charge is 0.217 e. The predicted octanol–water partition coefficient (Wildman–Crippen LogP) is 1.35. The second kappa shape index (κ2) is 3.72. The fourth-order valence-electron chi connectivity index (χ4n) is 5.30. The summed E-state index contributed by atoms with van der Waals surface area (Å²) in [6.07, 6.45) is 6.61. The van der Waals surface area contributed by atoms with Gasteiger partial charge in [0.15, 0.2) is 0 Å². The van der Waals surface area contributed by atoms with E-state index in [1.807, 2.05) is 0 Å². The first-order valence-corrected chi connectivity index (χ1v) is 6.98. The van der Waals surface area contributed by atoms with Crippen molar-refractivity contribution in [2.75, 3.05) is 0 Å². The van der Waals surface area contributed by atoms with Crippen molar-refractivity contribution < 1.29 is 9.59 Å². The van der Waals surface area contributed by atoms with E-state index in [0.29, 0.717) is 11.8 Å². The van der Waals surface area contributed by atoms with Crippen molar-refractivity contribution in [1.29, 1.82) is 0 Å². The Balaban J connectivity index is 1.87. The first kappa shape index (κ1) is 12.0. The highest BCUT2D eigenvalue weighted by Crippen LogP contribution is 2.57. The molecule has 4 aliphatic carbocycles. The quantitative estimate of drug-likeness (QED) is 0.777. The van der Waals surface area contributed by atoms with Gasteiger partial charge in [-0.05, 0) is 50.4 Å². The summed E-state index contributed by atoms with van der Waals surface area (Å²) in [5.74, 6) is 1.47. The van der Waals surface area contributed by atoms with Crippen molar-refractivity contribution in [1.82, 2.24) is 10.6 Å². The highest BCUT2D eigenvalue weighted by molar-refractivity contribution is 5.75. The topological polar surface area (TPSA) is 58.2 Å². The van der Waals surface area contributed by atoms with E-state index in [0.717, 1.165) is 32.1 Å². The lowest BCUT2D eigenvalue weighted by atomic mass is 9.50. The molecule has 4 rings (SSSR count). The maximum absolute atomic E-state index is 11.5. The normalized spacial score (nSPS) is 44.8. The van der Waals surface area contributed by atoms with Crippen LogP contribution in [0.25, 0.3) is 0 Å². The molecule has 4 saturated carbocycles. The highest BCUT2D eigenvalue weighted by atomic mass is 16.2. The number of rotatable bonds is 2. The van der Waals surface area contributed by atoms with Crippen LogP contribution in [0.1, 0.15) is 52.4 Å². The molecule has 0 aromatic carbocycles. The molecule has 18 heavy (non-hydrogen) atoms. The van der Waals surface area contributed by atoms with Gasteiger partial charge in [-0.3, -0.25) is 9.59 Å². The molecule has 0 heterocycles. The first-order chi connectivity index (χ1) is 8.40. The lowest BCUT2D eigenvalue weighted by molar-refractivity contribution is -0.130. The van der Waals surface area contributed by atoms with Crippen LogP contribution in [0.3, 0.4) is 0 Å². The highest BCUT2D eigenvalue weighted by Gasteiger charge is 2.58. The van der Waals surface area contributed by atoms with Gasteiger partial charge in [-0.15, -0.1) is 0 Å². The number of hydrogen-bond acceptors (Lipinski definition) is 2. The third kappa shape index (κ3) is 1.91. The van der Waals surface area contributed by atoms with E-state index in [2.05, 4.69) is 10.6 Å². The maximum Gasteiger partial charge on any atom is 0.217 e. The molecule has 2 amide bonds. The van der Waals surface area contributed by atoms with E-state index < -0.39 is 0 Å². The monoisotopic (exact) mass is 250 g/mol.